The van der Waals surface area contributed by atoms with Gasteiger partial charge in [0, 0.05) is 56.9 Å². The van der Waals surface area contributed by atoms with E-state index < -0.39 is 0 Å². The highest BCUT2D eigenvalue weighted by Crippen LogP contribution is 2.26. The third-order valence-corrected chi connectivity index (χ3v) is 5.65. The van der Waals surface area contributed by atoms with E-state index in [2.05, 4.69) is 24.0 Å². The molecule has 1 saturated heterocycles. The van der Waals surface area contributed by atoms with E-state index in [0.717, 1.165) is 69.8 Å². The standard InChI is InChI=1S/C21H28N4O2/c1-3-25-19-9-12-23(14-16-7-6-8-17(13-16)27-2)15-18(19)20(22-25)21(26)24-10-4-5-11-24/h6-8,13H,3-5,9-12,14-15H2,1-2H3. The van der Waals surface area contributed by atoms with E-state index >= 15 is 0 Å². The molecule has 0 bridgehead atoms. The lowest BCUT2D eigenvalue weighted by Crippen LogP contribution is -2.33. The van der Waals surface area contributed by atoms with Crippen molar-refractivity contribution in [1.82, 2.24) is 19.6 Å². The molecule has 1 aromatic heterocycles. The Labute approximate surface area is 160 Å². The molecule has 0 saturated carbocycles. The summed E-state index contributed by atoms with van der Waals surface area (Å²) in [6, 6.07) is 8.21. The minimum Gasteiger partial charge on any atom is -0.497 e. The Morgan fingerprint density at radius 2 is 2.04 bits per heavy atom. The third kappa shape index (κ3) is 3.58. The molecule has 1 aromatic carbocycles. The van der Waals surface area contributed by atoms with Gasteiger partial charge in [-0.2, -0.15) is 5.10 Å². The Balaban J connectivity index is 1.57. The molecule has 2 aliphatic rings. The summed E-state index contributed by atoms with van der Waals surface area (Å²) in [6.45, 7) is 7.24. The molecule has 0 spiro atoms. The highest BCUT2D eigenvalue weighted by Gasteiger charge is 2.30. The number of carbonyl (C=O) groups is 1. The van der Waals surface area contributed by atoms with Gasteiger partial charge in [0.15, 0.2) is 5.69 Å². The second-order valence-corrected chi connectivity index (χ2v) is 7.40. The average molecular weight is 368 g/mol. The number of likely N-dealkylation sites (tertiary alicyclic amines) is 1. The zero-order valence-electron chi connectivity index (χ0n) is 16.3. The summed E-state index contributed by atoms with van der Waals surface area (Å²) in [6.07, 6.45) is 3.14. The van der Waals surface area contributed by atoms with E-state index in [1.807, 2.05) is 21.7 Å². The van der Waals surface area contributed by atoms with Gasteiger partial charge >= 0.3 is 0 Å². The molecule has 6 nitrogen and oxygen atoms in total. The topological polar surface area (TPSA) is 50.6 Å². The Hall–Kier alpha value is -2.34. The van der Waals surface area contributed by atoms with Gasteiger partial charge in [0.2, 0.25) is 0 Å². The summed E-state index contributed by atoms with van der Waals surface area (Å²) in [5.41, 5.74) is 4.27. The largest absolute Gasteiger partial charge is 0.497 e. The summed E-state index contributed by atoms with van der Waals surface area (Å²) >= 11 is 0. The molecule has 1 amide bonds. The smallest absolute Gasteiger partial charge is 0.274 e. The van der Waals surface area contributed by atoms with E-state index in [4.69, 9.17) is 9.84 Å². The number of ether oxygens (including phenoxy) is 1. The first-order valence-electron chi connectivity index (χ1n) is 9.92. The second kappa shape index (κ2) is 7.72. The van der Waals surface area contributed by atoms with E-state index in [1.165, 1.54) is 11.3 Å². The van der Waals surface area contributed by atoms with E-state index in [0.29, 0.717) is 5.69 Å². The number of fused-ring (bicyclic) bond motifs is 1. The van der Waals surface area contributed by atoms with Crippen molar-refractivity contribution < 1.29 is 9.53 Å². The Bertz CT molecular complexity index is 824. The molecule has 0 unspecified atom stereocenters. The minimum atomic E-state index is 0.110. The van der Waals surface area contributed by atoms with Crippen LogP contribution in [-0.4, -0.2) is 52.2 Å². The molecule has 0 atom stereocenters. The monoisotopic (exact) mass is 368 g/mol. The van der Waals surface area contributed by atoms with Crippen LogP contribution in [0, 0.1) is 0 Å². The molecule has 6 heteroatoms. The normalized spacial score (nSPS) is 17.2. The van der Waals surface area contributed by atoms with Crippen LogP contribution in [0.2, 0.25) is 0 Å². The van der Waals surface area contributed by atoms with Gasteiger partial charge in [-0.15, -0.1) is 0 Å². The van der Waals surface area contributed by atoms with E-state index in [-0.39, 0.29) is 5.91 Å². The van der Waals surface area contributed by atoms with Crippen LogP contribution in [0.4, 0.5) is 0 Å². The first-order valence-corrected chi connectivity index (χ1v) is 9.92. The highest BCUT2D eigenvalue weighted by atomic mass is 16.5. The van der Waals surface area contributed by atoms with Crippen molar-refractivity contribution in [3.63, 3.8) is 0 Å². The predicted molar refractivity (Wildman–Crippen MR) is 104 cm³/mol. The zero-order valence-corrected chi connectivity index (χ0v) is 16.3. The molecule has 144 valence electrons. The summed E-state index contributed by atoms with van der Waals surface area (Å²) < 4.78 is 7.37. The zero-order chi connectivity index (χ0) is 18.8. The molecule has 2 aliphatic heterocycles. The van der Waals surface area contributed by atoms with Crippen LogP contribution in [0.5, 0.6) is 5.75 Å². The van der Waals surface area contributed by atoms with Crippen LogP contribution >= 0.6 is 0 Å². The summed E-state index contributed by atoms with van der Waals surface area (Å²) in [5, 5.41) is 4.70. The van der Waals surface area contributed by atoms with Gasteiger partial charge < -0.3 is 9.64 Å². The first-order chi connectivity index (χ1) is 13.2. The van der Waals surface area contributed by atoms with Crippen LogP contribution in [0.15, 0.2) is 24.3 Å². The maximum absolute atomic E-state index is 13.0. The molecule has 4 rings (SSSR count). The number of aryl methyl sites for hydroxylation is 1. The number of rotatable bonds is 5. The summed E-state index contributed by atoms with van der Waals surface area (Å²) in [4.78, 5) is 17.4. The van der Waals surface area contributed by atoms with Crippen molar-refractivity contribution in [2.45, 2.75) is 45.8 Å². The molecule has 2 aromatic rings. The Kier molecular flexibility index (Phi) is 5.16. The molecule has 0 N–H and O–H groups in total. The van der Waals surface area contributed by atoms with E-state index in [9.17, 15) is 4.79 Å². The van der Waals surface area contributed by atoms with Gasteiger partial charge in [0.25, 0.3) is 5.91 Å². The number of amides is 1. The van der Waals surface area contributed by atoms with Crippen molar-refractivity contribution in [2.24, 2.45) is 0 Å². The molecule has 27 heavy (non-hydrogen) atoms. The summed E-state index contributed by atoms with van der Waals surface area (Å²) in [5.74, 6) is 0.994. The fourth-order valence-corrected chi connectivity index (χ4v) is 4.21. The molecular formula is C21H28N4O2. The van der Waals surface area contributed by atoms with Gasteiger partial charge in [0.1, 0.15) is 5.75 Å². The lowest BCUT2D eigenvalue weighted by atomic mass is 10.0. The molecule has 3 heterocycles. The molecule has 1 fully saturated rings. The number of benzene rings is 1. The van der Waals surface area contributed by atoms with Gasteiger partial charge in [-0.05, 0) is 37.5 Å². The molecular weight excluding hydrogens is 340 g/mol. The summed E-state index contributed by atoms with van der Waals surface area (Å²) in [7, 11) is 1.70. The fourth-order valence-electron chi connectivity index (χ4n) is 4.21. The van der Waals surface area contributed by atoms with Crippen LogP contribution in [0.1, 0.15) is 47.1 Å². The second-order valence-electron chi connectivity index (χ2n) is 7.40. The lowest BCUT2D eigenvalue weighted by molar-refractivity contribution is 0.0783. The van der Waals surface area contributed by atoms with Gasteiger partial charge in [-0.1, -0.05) is 12.1 Å². The number of methoxy groups -OCH3 is 1. The highest BCUT2D eigenvalue weighted by molar-refractivity contribution is 5.94. The van der Waals surface area contributed by atoms with E-state index in [1.54, 1.807) is 7.11 Å². The van der Waals surface area contributed by atoms with Gasteiger partial charge in [-0.3, -0.25) is 14.4 Å². The molecule has 0 radical (unpaired) electrons. The maximum atomic E-state index is 13.0. The quantitative estimate of drug-likeness (QED) is 0.814. The van der Waals surface area contributed by atoms with Crippen molar-refractivity contribution >= 4 is 5.91 Å². The van der Waals surface area contributed by atoms with Crippen LogP contribution < -0.4 is 4.74 Å². The van der Waals surface area contributed by atoms with Crippen molar-refractivity contribution in [1.29, 1.82) is 0 Å². The number of hydrogen-bond acceptors (Lipinski definition) is 4. The first kappa shape index (κ1) is 18.0. The SMILES string of the molecule is CCn1nc(C(=O)N2CCCC2)c2c1CCN(Cc1cccc(OC)c1)C2. The Morgan fingerprint density at radius 1 is 1.22 bits per heavy atom. The van der Waals surface area contributed by atoms with Crippen LogP contribution in [0.25, 0.3) is 0 Å². The number of nitrogens with zero attached hydrogens (tertiary/aromatic N) is 4. The lowest BCUT2D eigenvalue weighted by Gasteiger charge is -2.28. The van der Waals surface area contributed by atoms with Crippen molar-refractivity contribution in [2.75, 3.05) is 26.7 Å². The number of hydrogen-bond donors (Lipinski definition) is 0. The van der Waals surface area contributed by atoms with Crippen LogP contribution in [-0.2, 0) is 26.1 Å². The van der Waals surface area contributed by atoms with Crippen LogP contribution in [0.3, 0.4) is 0 Å². The van der Waals surface area contributed by atoms with Gasteiger partial charge in [-0.25, -0.2) is 0 Å². The fraction of sp³-hybridized carbons (Fsp3) is 0.524. The molecule has 0 aliphatic carbocycles. The third-order valence-electron chi connectivity index (χ3n) is 5.65. The maximum Gasteiger partial charge on any atom is 0.274 e. The van der Waals surface area contributed by atoms with Gasteiger partial charge in [0.05, 0.1) is 7.11 Å². The Morgan fingerprint density at radius 3 is 2.78 bits per heavy atom. The minimum absolute atomic E-state index is 0.110. The average Bonchev–Trinajstić information content (AvgIpc) is 3.35. The predicted octanol–water partition coefficient (Wildman–Crippen LogP) is 2.71. The van der Waals surface area contributed by atoms with Crippen molar-refractivity contribution in [3.8, 4) is 5.75 Å². The number of aromatic nitrogens is 2. The number of carbonyl (C=O) groups excluding carboxylic acids is 1. The van der Waals surface area contributed by atoms with Crippen molar-refractivity contribution in [3.05, 3.63) is 46.8 Å².